The average molecular weight is 293 g/mol. The lowest BCUT2D eigenvalue weighted by Crippen LogP contribution is -2.07. The van der Waals surface area contributed by atoms with E-state index in [9.17, 15) is 4.79 Å². The predicted molar refractivity (Wildman–Crippen MR) is 78.3 cm³/mol. The Labute approximate surface area is 123 Å². The molecule has 106 valence electrons. The molecule has 0 saturated carbocycles. The number of ether oxygens (including phenoxy) is 1. The first kappa shape index (κ1) is 14.6. The number of benzene rings is 1. The summed E-state index contributed by atoms with van der Waals surface area (Å²) in [5, 5.41) is 0.526. The molecular weight excluding hydrogens is 276 g/mol. The van der Waals surface area contributed by atoms with Crippen molar-refractivity contribution in [2.24, 2.45) is 0 Å². The minimum Gasteiger partial charge on any atom is -0.487 e. The monoisotopic (exact) mass is 292 g/mol. The molecule has 0 atom stereocenters. The SMILES string of the molecule is CCCn1cncc1COc1ccc(Cl)cc1C(C)=O. The van der Waals surface area contributed by atoms with Gasteiger partial charge in [-0.1, -0.05) is 18.5 Å². The molecule has 0 fully saturated rings. The van der Waals surface area contributed by atoms with Crippen molar-refractivity contribution in [3.8, 4) is 5.75 Å². The third kappa shape index (κ3) is 3.39. The van der Waals surface area contributed by atoms with Crippen LogP contribution in [0.2, 0.25) is 5.02 Å². The summed E-state index contributed by atoms with van der Waals surface area (Å²) < 4.78 is 7.79. The van der Waals surface area contributed by atoms with Crippen molar-refractivity contribution in [1.29, 1.82) is 0 Å². The molecule has 0 bridgehead atoms. The number of aromatic nitrogens is 2. The molecule has 1 aromatic heterocycles. The van der Waals surface area contributed by atoms with Crippen LogP contribution >= 0.6 is 11.6 Å². The van der Waals surface area contributed by atoms with Crippen molar-refractivity contribution in [3.05, 3.63) is 47.0 Å². The van der Waals surface area contributed by atoms with Gasteiger partial charge in [0, 0.05) is 11.6 Å². The van der Waals surface area contributed by atoms with Crippen LogP contribution in [0.15, 0.2) is 30.7 Å². The molecule has 0 aliphatic rings. The van der Waals surface area contributed by atoms with Gasteiger partial charge in [-0.2, -0.15) is 0 Å². The van der Waals surface area contributed by atoms with E-state index in [4.69, 9.17) is 16.3 Å². The van der Waals surface area contributed by atoms with E-state index in [-0.39, 0.29) is 5.78 Å². The highest BCUT2D eigenvalue weighted by Gasteiger charge is 2.10. The summed E-state index contributed by atoms with van der Waals surface area (Å²) in [6, 6.07) is 5.06. The van der Waals surface area contributed by atoms with E-state index in [1.165, 1.54) is 6.92 Å². The van der Waals surface area contributed by atoms with Gasteiger partial charge in [-0.25, -0.2) is 4.98 Å². The van der Waals surface area contributed by atoms with Crippen molar-refractivity contribution in [3.63, 3.8) is 0 Å². The van der Waals surface area contributed by atoms with Gasteiger partial charge in [-0.3, -0.25) is 4.79 Å². The summed E-state index contributed by atoms with van der Waals surface area (Å²) in [5.41, 5.74) is 1.48. The molecule has 2 aromatic rings. The number of imidazole rings is 1. The lowest BCUT2D eigenvalue weighted by Gasteiger charge is -2.11. The molecule has 0 aliphatic heterocycles. The van der Waals surface area contributed by atoms with Gasteiger partial charge in [0.25, 0.3) is 0 Å². The number of aryl methyl sites for hydroxylation is 1. The molecule has 0 aliphatic carbocycles. The first-order valence-electron chi connectivity index (χ1n) is 6.54. The number of Topliss-reactive ketones (excluding diaryl/α,β-unsaturated/α-hetero) is 1. The maximum atomic E-state index is 11.6. The van der Waals surface area contributed by atoms with Crippen LogP contribution < -0.4 is 4.74 Å². The molecule has 0 unspecified atom stereocenters. The van der Waals surface area contributed by atoms with Crippen LogP contribution in [-0.2, 0) is 13.2 Å². The second kappa shape index (κ2) is 6.57. The van der Waals surface area contributed by atoms with Gasteiger partial charge in [0.05, 0.1) is 23.8 Å². The first-order valence-corrected chi connectivity index (χ1v) is 6.92. The number of hydrogen-bond donors (Lipinski definition) is 0. The van der Waals surface area contributed by atoms with Gasteiger partial charge in [-0.05, 0) is 31.5 Å². The van der Waals surface area contributed by atoms with Crippen molar-refractivity contribution in [2.45, 2.75) is 33.4 Å². The van der Waals surface area contributed by atoms with Crippen molar-refractivity contribution < 1.29 is 9.53 Å². The molecule has 0 amide bonds. The minimum atomic E-state index is -0.0652. The number of rotatable bonds is 6. The third-order valence-corrected chi connectivity index (χ3v) is 3.19. The lowest BCUT2D eigenvalue weighted by molar-refractivity contribution is 0.101. The van der Waals surface area contributed by atoms with Crippen LogP contribution in [0.1, 0.15) is 36.3 Å². The number of halogens is 1. The summed E-state index contributed by atoms with van der Waals surface area (Å²) in [6.07, 6.45) is 4.60. The Morgan fingerprint density at radius 2 is 2.25 bits per heavy atom. The molecule has 1 heterocycles. The van der Waals surface area contributed by atoms with E-state index in [2.05, 4.69) is 11.9 Å². The topological polar surface area (TPSA) is 44.1 Å². The molecule has 5 heteroatoms. The van der Waals surface area contributed by atoms with Crippen LogP contribution in [0.4, 0.5) is 0 Å². The van der Waals surface area contributed by atoms with Crippen LogP contribution in [0.3, 0.4) is 0 Å². The highest BCUT2D eigenvalue weighted by atomic mass is 35.5. The standard InChI is InChI=1S/C15H17ClN2O2/c1-3-6-18-10-17-8-13(18)9-20-15-5-4-12(16)7-14(15)11(2)19/h4-5,7-8,10H,3,6,9H2,1-2H3. The zero-order valence-electron chi connectivity index (χ0n) is 11.6. The fraction of sp³-hybridized carbons (Fsp3) is 0.333. The summed E-state index contributed by atoms with van der Waals surface area (Å²) >= 11 is 5.91. The van der Waals surface area contributed by atoms with Crippen molar-refractivity contribution in [2.75, 3.05) is 0 Å². The molecule has 0 saturated heterocycles. The fourth-order valence-corrected chi connectivity index (χ4v) is 2.14. The Hall–Kier alpha value is -1.81. The summed E-state index contributed by atoms with van der Waals surface area (Å²) in [5.74, 6) is 0.482. The van der Waals surface area contributed by atoms with Gasteiger partial charge >= 0.3 is 0 Å². The highest BCUT2D eigenvalue weighted by Crippen LogP contribution is 2.24. The number of hydrogen-bond acceptors (Lipinski definition) is 3. The molecule has 1 aromatic carbocycles. The first-order chi connectivity index (χ1) is 9.61. The zero-order chi connectivity index (χ0) is 14.5. The molecule has 0 N–H and O–H groups in total. The summed E-state index contributed by atoms with van der Waals surface area (Å²) in [4.78, 5) is 15.7. The third-order valence-electron chi connectivity index (χ3n) is 2.96. The predicted octanol–water partition coefficient (Wildman–Crippen LogP) is 3.73. The smallest absolute Gasteiger partial charge is 0.163 e. The van der Waals surface area contributed by atoms with Gasteiger partial charge in [0.2, 0.25) is 0 Å². The number of nitrogens with zero attached hydrogens (tertiary/aromatic N) is 2. The van der Waals surface area contributed by atoms with E-state index in [0.29, 0.717) is 22.9 Å². The van der Waals surface area contributed by atoms with E-state index < -0.39 is 0 Å². The van der Waals surface area contributed by atoms with E-state index >= 15 is 0 Å². The molecule has 4 nitrogen and oxygen atoms in total. The Kier molecular flexibility index (Phi) is 4.79. The molecule has 2 rings (SSSR count). The average Bonchev–Trinajstić information content (AvgIpc) is 2.85. The van der Waals surface area contributed by atoms with Crippen molar-refractivity contribution >= 4 is 17.4 Å². The molecule has 20 heavy (non-hydrogen) atoms. The number of carbonyl (C=O) groups is 1. The summed E-state index contributed by atoms with van der Waals surface area (Å²) in [6.45, 7) is 4.89. The molecular formula is C15H17ClN2O2. The Morgan fingerprint density at radius 3 is 2.95 bits per heavy atom. The van der Waals surface area contributed by atoms with Crippen molar-refractivity contribution in [1.82, 2.24) is 9.55 Å². The van der Waals surface area contributed by atoms with Gasteiger partial charge in [0.15, 0.2) is 5.78 Å². The van der Waals surface area contributed by atoms with Gasteiger partial charge in [0.1, 0.15) is 12.4 Å². The second-order valence-corrected chi connectivity index (χ2v) is 5.00. The quantitative estimate of drug-likeness (QED) is 0.762. The zero-order valence-corrected chi connectivity index (χ0v) is 12.4. The Morgan fingerprint density at radius 1 is 1.45 bits per heavy atom. The highest BCUT2D eigenvalue weighted by molar-refractivity contribution is 6.31. The van der Waals surface area contributed by atoms with Crippen LogP contribution in [0.25, 0.3) is 0 Å². The maximum absolute atomic E-state index is 11.6. The second-order valence-electron chi connectivity index (χ2n) is 4.56. The molecule has 0 spiro atoms. The Balaban J connectivity index is 2.14. The van der Waals surface area contributed by atoms with Crippen LogP contribution in [0, 0.1) is 0 Å². The normalized spacial score (nSPS) is 10.6. The lowest BCUT2D eigenvalue weighted by atomic mass is 10.1. The maximum Gasteiger partial charge on any atom is 0.163 e. The van der Waals surface area contributed by atoms with Gasteiger partial charge < -0.3 is 9.30 Å². The minimum absolute atomic E-state index is 0.0652. The van der Waals surface area contributed by atoms with Gasteiger partial charge in [-0.15, -0.1) is 0 Å². The van der Waals surface area contributed by atoms with E-state index in [1.807, 2.05) is 4.57 Å². The number of ketones is 1. The van der Waals surface area contributed by atoms with Crippen LogP contribution in [0.5, 0.6) is 5.75 Å². The Bertz CT molecular complexity index is 608. The number of carbonyl (C=O) groups excluding carboxylic acids is 1. The largest absolute Gasteiger partial charge is 0.487 e. The van der Waals surface area contributed by atoms with Crippen LogP contribution in [-0.4, -0.2) is 15.3 Å². The molecule has 0 radical (unpaired) electrons. The van der Waals surface area contributed by atoms with E-state index in [1.54, 1.807) is 30.7 Å². The summed E-state index contributed by atoms with van der Waals surface area (Å²) in [7, 11) is 0. The van der Waals surface area contributed by atoms with E-state index in [0.717, 1.165) is 18.7 Å². The fourth-order valence-electron chi connectivity index (χ4n) is 1.97.